The van der Waals surface area contributed by atoms with Crippen molar-refractivity contribution in [3.8, 4) is 17.4 Å². The van der Waals surface area contributed by atoms with Gasteiger partial charge in [0.15, 0.2) is 0 Å². The van der Waals surface area contributed by atoms with Gasteiger partial charge in [0.05, 0.1) is 29.2 Å². The van der Waals surface area contributed by atoms with E-state index in [9.17, 15) is 13.2 Å². The average Bonchev–Trinajstić information content (AvgIpc) is 2.41. The van der Waals surface area contributed by atoms with Crippen molar-refractivity contribution in [2.45, 2.75) is 13.0 Å². The third kappa shape index (κ3) is 4.57. The Hall–Kier alpha value is -1.87. The molecule has 5 nitrogen and oxygen atoms in total. The highest BCUT2D eigenvalue weighted by Crippen LogP contribution is 2.34. The Morgan fingerprint density at radius 3 is 2.62 bits per heavy atom. The molecule has 0 spiro atoms. The van der Waals surface area contributed by atoms with E-state index in [-0.39, 0.29) is 28.5 Å². The normalized spacial score (nSPS) is 11.3. The first-order valence-corrected chi connectivity index (χ1v) is 6.31. The first-order chi connectivity index (χ1) is 9.87. The number of rotatable bonds is 4. The lowest BCUT2D eigenvalue weighted by Crippen LogP contribution is -2.17. The van der Waals surface area contributed by atoms with Gasteiger partial charge in [-0.15, -0.1) is 13.2 Å². The van der Waals surface area contributed by atoms with Gasteiger partial charge in [-0.1, -0.05) is 0 Å². The van der Waals surface area contributed by atoms with Crippen LogP contribution in [-0.2, 0) is 6.61 Å². The zero-order valence-corrected chi connectivity index (χ0v) is 11.8. The van der Waals surface area contributed by atoms with Gasteiger partial charge in [-0.05, 0) is 34.1 Å². The molecule has 0 radical (unpaired) electrons. The van der Waals surface area contributed by atoms with Crippen molar-refractivity contribution in [1.82, 2.24) is 9.97 Å². The minimum Gasteiger partial charge on any atom is -0.437 e. The lowest BCUT2D eigenvalue weighted by molar-refractivity contribution is -0.274. The molecule has 1 aromatic carbocycles. The minimum absolute atomic E-state index is 0.0728. The SMILES string of the molecule is OCc1cncc(Oc2ccc(OC(F)(F)F)c(Br)c2)n1. The number of benzene rings is 1. The maximum Gasteiger partial charge on any atom is 0.573 e. The van der Waals surface area contributed by atoms with Gasteiger partial charge in [0, 0.05) is 0 Å². The molecule has 0 aliphatic heterocycles. The van der Waals surface area contributed by atoms with Gasteiger partial charge in [-0.25, -0.2) is 4.98 Å². The number of aliphatic hydroxyl groups excluding tert-OH is 1. The molecule has 0 saturated carbocycles. The zero-order chi connectivity index (χ0) is 15.5. The van der Waals surface area contributed by atoms with E-state index in [2.05, 4.69) is 30.6 Å². The second-order valence-corrected chi connectivity index (χ2v) is 4.60. The fourth-order valence-corrected chi connectivity index (χ4v) is 1.82. The van der Waals surface area contributed by atoms with Crippen LogP contribution >= 0.6 is 15.9 Å². The van der Waals surface area contributed by atoms with Gasteiger partial charge in [0.1, 0.15) is 11.5 Å². The topological polar surface area (TPSA) is 64.5 Å². The Bertz CT molecular complexity index is 637. The van der Waals surface area contributed by atoms with Crippen LogP contribution in [0, 0.1) is 0 Å². The molecular formula is C12H8BrF3N2O3. The summed E-state index contributed by atoms with van der Waals surface area (Å²) in [6, 6.07) is 3.70. The average molecular weight is 365 g/mol. The lowest BCUT2D eigenvalue weighted by Gasteiger charge is -2.11. The minimum atomic E-state index is -4.77. The second-order valence-electron chi connectivity index (χ2n) is 3.75. The summed E-state index contributed by atoms with van der Waals surface area (Å²) in [7, 11) is 0. The number of nitrogens with zero attached hydrogens (tertiary/aromatic N) is 2. The first kappa shape index (κ1) is 15.5. The summed E-state index contributed by atoms with van der Waals surface area (Å²) in [5.74, 6) is -0.0382. The molecule has 0 amide bonds. The number of ether oxygens (including phenoxy) is 2. The van der Waals surface area contributed by atoms with Gasteiger partial charge in [-0.3, -0.25) is 4.98 Å². The molecule has 0 atom stereocenters. The molecule has 0 unspecified atom stereocenters. The summed E-state index contributed by atoms with van der Waals surface area (Å²) in [6.07, 6.45) is -2.10. The van der Waals surface area contributed by atoms with E-state index in [1.807, 2.05) is 0 Å². The Labute approximate surface area is 125 Å². The summed E-state index contributed by atoms with van der Waals surface area (Å²) in [5.41, 5.74) is 0.309. The van der Waals surface area contributed by atoms with Crippen molar-refractivity contribution < 1.29 is 27.8 Å². The largest absolute Gasteiger partial charge is 0.573 e. The van der Waals surface area contributed by atoms with E-state index < -0.39 is 6.36 Å². The lowest BCUT2D eigenvalue weighted by atomic mass is 10.3. The number of hydrogen-bond donors (Lipinski definition) is 1. The van der Waals surface area contributed by atoms with Gasteiger partial charge in [0.2, 0.25) is 5.88 Å². The van der Waals surface area contributed by atoms with E-state index in [0.29, 0.717) is 5.69 Å². The maximum absolute atomic E-state index is 12.1. The summed E-state index contributed by atoms with van der Waals surface area (Å²) >= 11 is 2.96. The van der Waals surface area contributed by atoms with Crippen LogP contribution in [0.15, 0.2) is 35.1 Å². The zero-order valence-electron chi connectivity index (χ0n) is 10.3. The van der Waals surface area contributed by atoms with Crippen LogP contribution in [0.2, 0.25) is 0 Å². The second kappa shape index (κ2) is 6.27. The van der Waals surface area contributed by atoms with Crippen LogP contribution in [0.3, 0.4) is 0 Å². The maximum atomic E-state index is 12.1. The van der Waals surface area contributed by atoms with Crippen molar-refractivity contribution in [2.75, 3.05) is 0 Å². The number of halogens is 4. The fraction of sp³-hybridized carbons (Fsp3) is 0.167. The van der Waals surface area contributed by atoms with Gasteiger partial charge in [-0.2, -0.15) is 0 Å². The Morgan fingerprint density at radius 2 is 2.00 bits per heavy atom. The molecule has 0 fully saturated rings. The molecule has 0 aliphatic carbocycles. The summed E-state index contributed by atoms with van der Waals surface area (Å²) in [6.45, 7) is -0.299. The number of alkyl halides is 3. The summed E-state index contributed by atoms with van der Waals surface area (Å²) in [5, 5.41) is 8.93. The van der Waals surface area contributed by atoms with E-state index in [1.54, 1.807) is 0 Å². The molecule has 9 heteroatoms. The van der Waals surface area contributed by atoms with E-state index in [1.165, 1.54) is 24.5 Å². The molecule has 21 heavy (non-hydrogen) atoms. The molecule has 1 aromatic heterocycles. The molecule has 1 heterocycles. The van der Waals surface area contributed by atoms with Crippen molar-refractivity contribution in [3.05, 3.63) is 40.8 Å². The molecule has 112 valence electrons. The quantitative estimate of drug-likeness (QED) is 0.900. The monoisotopic (exact) mass is 364 g/mol. The Kier molecular flexibility index (Phi) is 4.63. The van der Waals surface area contributed by atoms with Crippen LogP contribution in [-0.4, -0.2) is 21.4 Å². The number of aromatic nitrogens is 2. The predicted molar refractivity (Wildman–Crippen MR) is 68.9 cm³/mol. The van der Waals surface area contributed by atoms with Crippen LogP contribution in [0.25, 0.3) is 0 Å². The van der Waals surface area contributed by atoms with Crippen LogP contribution < -0.4 is 9.47 Å². The molecule has 2 aromatic rings. The van der Waals surface area contributed by atoms with Crippen molar-refractivity contribution in [1.29, 1.82) is 0 Å². The number of hydrogen-bond acceptors (Lipinski definition) is 5. The van der Waals surface area contributed by atoms with Gasteiger partial charge < -0.3 is 14.6 Å². The highest BCUT2D eigenvalue weighted by molar-refractivity contribution is 9.10. The smallest absolute Gasteiger partial charge is 0.437 e. The molecular weight excluding hydrogens is 357 g/mol. The van der Waals surface area contributed by atoms with Crippen LogP contribution in [0.4, 0.5) is 13.2 Å². The van der Waals surface area contributed by atoms with Crippen molar-refractivity contribution in [2.24, 2.45) is 0 Å². The van der Waals surface area contributed by atoms with Crippen molar-refractivity contribution >= 4 is 15.9 Å². The standard InChI is InChI=1S/C12H8BrF3N2O3/c13-9-3-8(1-2-10(9)21-12(14,15)16)20-11-5-17-4-7(6-19)18-11/h1-5,19H,6H2. The summed E-state index contributed by atoms with van der Waals surface area (Å²) < 4.78 is 45.6. The molecule has 0 aliphatic rings. The van der Waals surface area contributed by atoms with E-state index >= 15 is 0 Å². The summed E-state index contributed by atoms with van der Waals surface area (Å²) in [4.78, 5) is 7.74. The highest BCUT2D eigenvalue weighted by atomic mass is 79.9. The fourth-order valence-electron chi connectivity index (χ4n) is 1.38. The third-order valence-corrected chi connectivity index (χ3v) is 2.80. The molecule has 0 bridgehead atoms. The Morgan fingerprint density at radius 1 is 1.24 bits per heavy atom. The van der Waals surface area contributed by atoms with E-state index in [0.717, 1.165) is 6.07 Å². The predicted octanol–water partition coefficient (Wildman–Crippen LogP) is 3.42. The molecule has 0 saturated heterocycles. The number of aliphatic hydroxyl groups is 1. The van der Waals surface area contributed by atoms with Gasteiger partial charge >= 0.3 is 6.36 Å². The van der Waals surface area contributed by atoms with Crippen LogP contribution in [0.1, 0.15) is 5.69 Å². The van der Waals surface area contributed by atoms with Gasteiger partial charge in [0.25, 0.3) is 0 Å². The Balaban J connectivity index is 2.16. The molecule has 1 N–H and O–H groups in total. The third-order valence-electron chi connectivity index (χ3n) is 2.18. The highest BCUT2D eigenvalue weighted by Gasteiger charge is 2.32. The van der Waals surface area contributed by atoms with Crippen molar-refractivity contribution in [3.63, 3.8) is 0 Å². The first-order valence-electron chi connectivity index (χ1n) is 5.52. The van der Waals surface area contributed by atoms with Crippen LogP contribution in [0.5, 0.6) is 17.4 Å². The molecule has 2 rings (SSSR count). The van der Waals surface area contributed by atoms with E-state index in [4.69, 9.17) is 9.84 Å².